The van der Waals surface area contributed by atoms with Gasteiger partial charge >= 0.3 is 6.03 Å². The fourth-order valence-electron chi connectivity index (χ4n) is 2.48. The van der Waals surface area contributed by atoms with Crippen LogP contribution in [0.15, 0.2) is 30.3 Å². The van der Waals surface area contributed by atoms with Crippen LogP contribution in [0.3, 0.4) is 0 Å². The third kappa shape index (κ3) is 5.05. The fraction of sp³-hybridized carbons (Fsp3) is 0.350. The number of ether oxygens (including phenoxy) is 3. The molecule has 0 saturated heterocycles. The highest BCUT2D eigenvalue weighted by atomic mass is 16.5. The van der Waals surface area contributed by atoms with Gasteiger partial charge in [-0.15, -0.1) is 0 Å². The molecule has 2 rings (SSSR count). The average Bonchev–Trinajstić information content (AvgIpc) is 2.63. The second kappa shape index (κ2) is 8.99. The van der Waals surface area contributed by atoms with Crippen molar-refractivity contribution in [1.29, 1.82) is 0 Å². The van der Waals surface area contributed by atoms with Gasteiger partial charge in [-0.25, -0.2) is 4.79 Å². The predicted molar refractivity (Wildman–Crippen MR) is 103 cm³/mol. The zero-order valence-electron chi connectivity index (χ0n) is 15.9. The van der Waals surface area contributed by atoms with Gasteiger partial charge in [0.1, 0.15) is 23.9 Å². The van der Waals surface area contributed by atoms with Crippen LogP contribution in [0, 0.1) is 20.8 Å². The van der Waals surface area contributed by atoms with Gasteiger partial charge in [0.2, 0.25) is 0 Å². The first-order valence-electron chi connectivity index (χ1n) is 8.42. The molecular formula is C20H26N2O4. The minimum atomic E-state index is -0.325. The third-order valence-corrected chi connectivity index (χ3v) is 4.09. The van der Waals surface area contributed by atoms with Gasteiger partial charge in [0.15, 0.2) is 0 Å². The van der Waals surface area contributed by atoms with E-state index in [-0.39, 0.29) is 6.03 Å². The number of amides is 2. The Morgan fingerprint density at radius 2 is 1.65 bits per heavy atom. The maximum Gasteiger partial charge on any atom is 0.319 e. The van der Waals surface area contributed by atoms with Crippen LogP contribution in [-0.2, 0) is 0 Å². The first-order valence-corrected chi connectivity index (χ1v) is 8.42. The maximum absolute atomic E-state index is 12.0. The molecule has 0 aliphatic carbocycles. The lowest BCUT2D eigenvalue weighted by Gasteiger charge is -2.14. The molecule has 0 aliphatic rings. The van der Waals surface area contributed by atoms with Crippen molar-refractivity contribution in [3.05, 3.63) is 47.0 Å². The van der Waals surface area contributed by atoms with E-state index in [0.717, 1.165) is 11.3 Å². The lowest BCUT2D eigenvalue weighted by atomic mass is 10.1. The molecule has 0 bridgehead atoms. The monoisotopic (exact) mass is 358 g/mol. The van der Waals surface area contributed by atoms with E-state index in [4.69, 9.17) is 14.2 Å². The van der Waals surface area contributed by atoms with Gasteiger partial charge < -0.3 is 24.8 Å². The van der Waals surface area contributed by atoms with Crippen LogP contribution in [0.5, 0.6) is 17.2 Å². The molecule has 0 aliphatic heterocycles. The van der Waals surface area contributed by atoms with Gasteiger partial charge in [-0.1, -0.05) is 6.07 Å². The Balaban J connectivity index is 1.83. The number of aryl methyl sites for hydroxylation is 3. The molecule has 26 heavy (non-hydrogen) atoms. The van der Waals surface area contributed by atoms with E-state index in [2.05, 4.69) is 30.5 Å². The summed E-state index contributed by atoms with van der Waals surface area (Å²) in [4.78, 5) is 12.0. The largest absolute Gasteiger partial charge is 0.497 e. The number of carbonyl (C=O) groups is 1. The van der Waals surface area contributed by atoms with Crippen LogP contribution >= 0.6 is 0 Å². The Labute approximate surface area is 154 Å². The van der Waals surface area contributed by atoms with Crippen LogP contribution in [-0.4, -0.2) is 33.4 Å². The number of hydrogen-bond donors (Lipinski definition) is 2. The molecule has 0 fully saturated rings. The van der Waals surface area contributed by atoms with Gasteiger partial charge in [-0.05, 0) is 55.7 Å². The smallest absolute Gasteiger partial charge is 0.319 e. The Hall–Kier alpha value is -2.89. The summed E-state index contributed by atoms with van der Waals surface area (Å²) in [6.45, 7) is 6.91. The predicted octanol–water partition coefficient (Wildman–Crippen LogP) is 3.83. The second-order valence-electron chi connectivity index (χ2n) is 6.00. The standard InChI is InChI=1S/C20H26N2O4/c1-13-10-15(3)18(11-14(13)2)26-9-8-21-20(23)22-17-7-6-16(24-4)12-19(17)25-5/h6-7,10-12H,8-9H2,1-5H3,(H2,21,22,23). The summed E-state index contributed by atoms with van der Waals surface area (Å²) < 4.78 is 16.2. The van der Waals surface area contributed by atoms with Crippen molar-refractivity contribution in [2.45, 2.75) is 20.8 Å². The molecular weight excluding hydrogens is 332 g/mol. The van der Waals surface area contributed by atoms with E-state index < -0.39 is 0 Å². The topological polar surface area (TPSA) is 68.8 Å². The van der Waals surface area contributed by atoms with E-state index in [1.807, 2.05) is 13.0 Å². The molecule has 2 amide bonds. The summed E-state index contributed by atoms with van der Waals surface area (Å²) >= 11 is 0. The highest BCUT2D eigenvalue weighted by molar-refractivity contribution is 5.91. The van der Waals surface area contributed by atoms with Crippen molar-refractivity contribution in [3.63, 3.8) is 0 Å². The minimum absolute atomic E-state index is 0.325. The highest BCUT2D eigenvalue weighted by Gasteiger charge is 2.09. The number of rotatable bonds is 7. The molecule has 0 radical (unpaired) electrons. The molecule has 140 valence electrons. The summed E-state index contributed by atoms with van der Waals surface area (Å²) in [5.41, 5.74) is 4.07. The molecule has 0 saturated carbocycles. The van der Waals surface area contributed by atoms with E-state index >= 15 is 0 Å². The number of methoxy groups -OCH3 is 2. The number of anilines is 1. The van der Waals surface area contributed by atoms with Crippen molar-refractivity contribution < 1.29 is 19.0 Å². The molecule has 0 spiro atoms. The molecule has 0 atom stereocenters. The van der Waals surface area contributed by atoms with Crippen LogP contribution in [0.1, 0.15) is 16.7 Å². The second-order valence-corrected chi connectivity index (χ2v) is 6.00. The van der Waals surface area contributed by atoms with Crippen molar-refractivity contribution >= 4 is 11.7 Å². The summed E-state index contributed by atoms with van der Waals surface area (Å²) in [5.74, 6) is 2.03. The number of nitrogens with one attached hydrogen (secondary N) is 2. The first-order chi connectivity index (χ1) is 12.4. The van der Waals surface area contributed by atoms with Gasteiger partial charge in [-0.3, -0.25) is 0 Å². The SMILES string of the molecule is COc1ccc(NC(=O)NCCOc2cc(C)c(C)cc2C)c(OC)c1. The number of urea groups is 1. The maximum atomic E-state index is 12.0. The van der Waals surface area contributed by atoms with Gasteiger partial charge in [0.25, 0.3) is 0 Å². The summed E-state index contributed by atoms with van der Waals surface area (Å²) in [6.07, 6.45) is 0. The molecule has 6 heteroatoms. The average molecular weight is 358 g/mol. The fourth-order valence-corrected chi connectivity index (χ4v) is 2.48. The summed E-state index contributed by atoms with van der Waals surface area (Å²) in [7, 11) is 3.11. The Kier molecular flexibility index (Phi) is 6.72. The highest BCUT2D eigenvalue weighted by Crippen LogP contribution is 2.28. The zero-order chi connectivity index (χ0) is 19.1. The minimum Gasteiger partial charge on any atom is -0.497 e. The molecule has 2 aromatic carbocycles. The van der Waals surface area contributed by atoms with Crippen molar-refractivity contribution in [2.75, 3.05) is 32.7 Å². The van der Waals surface area contributed by atoms with Gasteiger partial charge in [0.05, 0.1) is 26.5 Å². The normalized spacial score (nSPS) is 10.2. The molecule has 2 N–H and O–H groups in total. The molecule has 0 aromatic heterocycles. The van der Waals surface area contributed by atoms with Crippen LogP contribution in [0.2, 0.25) is 0 Å². The van der Waals surface area contributed by atoms with E-state index in [1.54, 1.807) is 25.3 Å². The van der Waals surface area contributed by atoms with E-state index in [0.29, 0.717) is 30.3 Å². The Morgan fingerprint density at radius 1 is 0.923 bits per heavy atom. The van der Waals surface area contributed by atoms with E-state index in [9.17, 15) is 4.79 Å². The van der Waals surface area contributed by atoms with Gasteiger partial charge in [-0.2, -0.15) is 0 Å². The van der Waals surface area contributed by atoms with Crippen molar-refractivity contribution in [3.8, 4) is 17.2 Å². The lowest BCUT2D eigenvalue weighted by Crippen LogP contribution is -2.32. The van der Waals surface area contributed by atoms with Crippen LogP contribution in [0.4, 0.5) is 10.5 Å². The van der Waals surface area contributed by atoms with Crippen LogP contribution < -0.4 is 24.8 Å². The molecule has 0 unspecified atom stereocenters. The lowest BCUT2D eigenvalue weighted by molar-refractivity contribution is 0.247. The zero-order valence-corrected chi connectivity index (χ0v) is 15.9. The third-order valence-electron chi connectivity index (χ3n) is 4.09. The quantitative estimate of drug-likeness (QED) is 0.738. The summed E-state index contributed by atoms with van der Waals surface area (Å²) in [6, 6.07) is 8.99. The molecule has 6 nitrogen and oxygen atoms in total. The number of benzene rings is 2. The Bertz CT molecular complexity index is 775. The number of carbonyl (C=O) groups excluding carboxylic acids is 1. The van der Waals surface area contributed by atoms with E-state index in [1.165, 1.54) is 18.2 Å². The first kappa shape index (κ1) is 19.4. The van der Waals surface area contributed by atoms with Crippen molar-refractivity contribution in [1.82, 2.24) is 5.32 Å². The van der Waals surface area contributed by atoms with Gasteiger partial charge in [0, 0.05) is 6.07 Å². The molecule has 0 heterocycles. The molecule has 2 aromatic rings. The Morgan fingerprint density at radius 3 is 2.35 bits per heavy atom. The summed E-state index contributed by atoms with van der Waals surface area (Å²) in [5, 5.41) is 5.52. The van der Waals surface area contributed by atoms with Crippen molar-refractivity contribution in [2.24, 2.45) is 0 Å². The van der Waals surface area contributed by atoms with Crippen LogP contribution in [0.25, 0.3) is 0 Å². The number of hydrogen-bond acceptors (Lipinski definition) is 4.